The second-order valence-corrected chi connectivity index (χ2v) is 4.46. The van der Waals surface area contributed by atoms with Gasteiger partial charge in [0.15, 0.2) is 4.80 Å². The summed E-state index contributed by atoms with van der Waals surface area (Å²) in [5, 5.41) is 2.00. The van der Waals surface area contributed by atoms with Gasteiger partial charge in [0.2, 0.25) is 0 Å². The van der Waals surface area contributed by atoms with Gasteiger partial charge >= 0.3 is 0 Å². The molecule has 0 atom stereocenters. The smallest absolute Gasteiger partial charge is 0.190 e. The SMILES string of the molecule is C=CCn1c(C)csc1=Nc1ccccc1F. The van der Waals surface area contributed by atoms with Crippen molar-refractivity contribution in [2.24, 2.45) is 4.99 Å². The van der Waals surface area contributed by atoms with E-state index in [1.165, 1.54) is 17.4 Å². The van der Waals surface area contributed by atoms with Crippen LogP contribution in [0.5, 0.6) is 0 Å². The number of thiazole rings is 1. The molecule has 2 aromatic rings. The molecule has 0 spiro atoms. The number of para-hydroxylation sites is 1. The molecule has 17 heavy (non-hydrogen) atoms. The van der Waals surface area contributed by atoms with E-state index < -0.39 is 0 Å². The first-order valence-corrected chi connectivity index (χ1v) is 6.15. The third-order valence-electron chi connectivity index (χ3n) is 2.37. The van der Waals surface area contributed by atoms with Gasteiger partial charge in [-0.05, 0) is 19.1 Å². The first-order valence-electron chi connectivity index (χ1n) is 5.27. The highest BCUT2D eigenvalue weighted by molar-refractivity contribution is 7.07. The van der Waals surface area contributed by atoms with Crippen LogP contribution in [0.15, 0.2) is 47.3 Å². The summed E-state index contributed by atoms with van der Waals surface area (Å²) in [5.74, 6) is -0.302. The fourth-order valence-corrected chi connectivity index (χ4v) is 2.40. The Morgan fingerprint density at radius 3 is 2.94 bits per heavy atom. The maximum absolute atomic E-state index is 13.5. The molecule has 4 heteroatoms. The number of benzene rings is 1. The van der Waals surface area contributed by atoms with E-state index >= 15 is 0 Å². The highest BCUT2D eigenvalue weighted by atomic mass is 32.1. The Bertz CT molecular complexity index is 595. The van der Waals surface area contributed by atoms with E-state index in [2.05, 4.69) is 11.6 Å². The van der Waals surface area contributed by atoms with E-state index in [1.54, 1.807) is 24.3 Å². The maximum atomic E-state index is 13.5. The molecule has 0 saturated heterocycles. The van der Waals surface area contributed by atoms with Crippen LogP contribution < -0.4 is 4.80 Å². The fourth-order valence-electron chi connectivity index (χ4n) is 1.50. The van der Waals surface area contributed by atoms with Gasteiger partial charge in [0.1, 0.15) is 11.5 Å². The molecule has 0 saturated carbocycles. The lowest BCUT2D eigenvalue weighted by Gasteiger charge is -2.01. The van der Waals surface area contributed by atoms with Gasteiger partial charge in [-0.1, -0.05) is 18.2 Å². The molecule has 0 aliphatic heterocycles. The number of nitrogens with zero attached hydrogens (tertiary/aromatic N) is 2. The van der Waals surface area contributed by atoms with Gasteiger partial charge in [0.05, 0.1) is 0 Å². The zero-order valence-corrected chi connectivity index (χ0v) is 10.4. The van der Waals surface area contributed by atoms with Gasteiger partial charge in [0.25, 0.3) is 0 Å². The third kappa shape index (κ3) is 2.53. The van der Waals surface area contributed by atoms with Crippen LogP contribution in [0.2, 0.25) is 0 Å². The quantitative estimate of drug-likeness (QED) is 0.741. The van der Waals surface area contributed by atoms with Crippen molar-refractivity contribution in [2.45, 2.75) is 13.5 Å². The molecule has 0 aliphatic carbocycles. The van der Waals surface area contributed by atoms with Crippen molar-refractivity contribution in [3.8, 4) is 0 Å². The average molecular weight is 248 g/mol. The molecule has 1 aromatic carbocycles. The number of aromatic nitrogens is 1. The van der Waals surface area contributed by atoms with E-state index in [-0.39, 0.29) is 5.82 Å². The number of hydrogen-bond acceptors (Lipinski definition) is 2. The van der Waals surface area contributed by atoms with Crippen LogP contribution in [0.1, 0.15) is 5.69 Å². The molecule has 2 rings (SSSR count). The van der Waals surface area contributed by atoms with E-state index in [0.717, 1.165) is 10.5 Å². The molecule has 0 unspecified atom stereocenters. The van der Waals surface area contributed by atoms with Crippen LogP contribution in [0.25, 0.3) is 0 Å². The van der Waals surface area contributed by atoms with Crippen LogP contribution in [0.3, 0.4) is 0 Å². The van der Waals surface area contributed by atoms with E-state index in [0.29, 0.717) is 12.2 Å². The molecule has 0 aliphatic rings. The van der Waals surface area contributed by atoms with Crippen molar-refractivity contribution in [1.82, 2.24) is 4.57 Å². The van der Waals surface area contributed by atoms with Crippen molar-refractivity contribution in [3.05, 3.63) is 58.6 Å². The van der Waals surface area contributed by atoms with Crippen molar-refractivity contribution in [2.75, 3.05) is 0 Å². The molecule has 2 nitrogen and oxygen atoms in total. The number of rotatable bonds is 3. The Morgan fingerprint density at radius 2 is 2.24 bits per heavy atom. The Morgan fingerprint density at radius 1 is 1.47 bits per heavy atom. The molecule has 88 valence electrons. The van der Waals surface area contributed by atoms with Gasteiger partial charge in [-0.3, -0.25) is 0 Å². The third-order valence-corrected chi connectivity index (χ3v) is 3.35. The maximum Gasteiger partial charge on any atom is 0.190 e. The highest BCUT2D eigenvalue weighted by Gasteiger charge is 2.02. The van der Waals surface area contributed by atoms with Crippen LogP contribution in [-0.2, 0) is 6.54 Å². The van der Waals surface area contributed by atoms with Gasteiger partial charge < -0.3 is 4.57 Å². The zero-order chi connectivity index (χ0) is 12.3. The van der Waals surface area contributed by atoms with Gasteiger partial charge in [-0.2, -0.15) is 0 Å². The summed E-state index contributed by atoms with van der Waals surface area (Å²) in [5.41, 5.74) is 1.47. The molecule has 0 radical (unpaired) electrons. The van der Waals surface area contributed by atoms with Crippen molar-refractivity contribution >= 4 is 17.0 Å². The normalized spacial score (nSPS) is 11.8. The Labute approximate surface area is 103 Å². The molecule has 1 heterocycles. The number of aryl methyl sites for hydroxylation is 1. The first kappa shape index (κ1) is 11.8. The van der Waals surface area contributed by atoms with Crippen LogP contribution >= 0.6 is 11.3 Å². The summed E-state index contributed by atoms with van der Waals surface area (Å²) in [6, 6.07) is 6.52. The summed E-state index contributed by atoms with van der Waals surface area (Å²) in [4.78, 5) is 5.12. The lowest BCUT2D eigenvalue weighted by atomic mass is 10.3. The minimum Gasteiger partial charge on any atom is -0.317 e. The number of halogens is 1. The van der Waals surface area contributed by atoms with Gasteiger partial charge in [0, 0.05) is 17.6 Å². The zero-order valence-electron chi connectivity index (χ0n) is 9.56. The van der Waals surface area contributed by atoms with Gasteiger partial charge in [-0.15, -0.1) is 17.9 Å². The fraction of sp³-hybridized carbons (Fsp3) is 0.154. The molecule has 1 aromatic heterocycles. The second-order valence-electron chi connectivity index (χ2n) is 3.62. The van der Waals surface area contributed by atoms with Crippen LogP contribution in [-0.4, -0.2) is 4.57 Å². The number of allylic oxidation sites excluding steroid dienone is 1. The number of hydrogen-bond donors (Lipinski definition) is 0. The first-order chi connectivity index (χ1) is 8.22. The topological polar surface area (TPSA) is 17.3 Å². The Kier molecular flexibility index (Phi) is 3.54. The molecule has 0 N–H and O–H groups in total. The van der Waals surface area contributed by atoms with Crippen LogP contribution in [0, 0.1) is 12.7 Å². The molecule has 0 amide bonds. The summed E-state index contributed by atoms with van der Waals surface area (Å²) >= 11 is 1.50. The molecular weight excluding hydrogens is 235 g/mol. The van der Waals surface area contributed by atoms with Crippen molar-refractivity contribution < 1.29 is 4.39 Å². The lowest BCUT2D eigenvalue weighted by Crippen LogP contribution is -2.14. The van der Waals surface area contributed by atoms with Gasteiger partial charge in [-0.25, -0.2) is 9.38 Å². The van der Waals surface area contributed by atoms with E-state index in [1.807, 2.05) is 16.9 Å². The van der Waals surface area contributed by atoms with E-state index in [4.69, 9.17) is 0 Å². The Hall–Kier alpha value is -1.68. The Balaban J connectivity index is 2.54. The highest BCUT2D eigenvalue weighted by Crippen LogP contribution is 2.15. The van der Waals surface area contributed by atoms with E-state index in [9.17, 15) is 4.39 Å². The predicted octanol–water partition coefficient (Wildman–Crippen LogP) is 3.42. The molecule has 0 fully saturated rings. The van der Waals surface area contributed by atoms with Crippen molar-refractivity contribution in [3.63, 3.8) is 0 Å². The standard InChI is InChI=1S/C13H13FN2S/c1-3-8-16-10(2)9-17-13(16)15-12-7-5-4-6-11(12)14/h3-7,9H,1,8H2,2H3. The lowest BCUT2D eigenvalue weighted by molar-refractivity contribution is 0.628. The summed E-state index contributed by atoms with van der Waals surface area (Å²) < 4.78 is 15.5. The molecular formula is C13H13FN2S. The largest absolute Gasteiger partial charge is 0.317 e. The summed E-state index contributed by atoms with van der Waals surface area (Å²) in [7, 11) is 0. The predicted molar refractivity (Wildman–Crippen MR) is 68.9 cm³/mol. The molecule has 0 bridgehead atoms. The van der Waals surface area contributed by atoms with Crippen LogP contribution in [0.4, 0.5) is 10.1 Å². The second kappa shape index (κ2) is 5.10. The van der Waals surface area contributed by atoms with Crippen molar-refractivity contribution in [1.29, 1.82) is 0 Å². The summed E-state index contributed by atoms with van der Waals surface area (Å²) in [6.07, 6.45) is 1.81. The minimum atomic E-state index is -0.302. The monoisotopic (exact) mass is 248 g/mol. The summed E-state index contributed by atoms with van der Waals surface area (Å²) in [6.45, 7) is 6.39. The average Bonchev–Trinajstić information content (AvgIpc) is 2.65. The minimum absolute atomic E-state index is 0.302.